The molecule has 0 radical (unpaired) electrons. The summed E-state index contributed by atoms with van der Waals surface area (Å²) in [5, 5.41) is 3.41. The molecule has 3 aromatic carbocycles. The first-order valence-electron chi connectivity index (χ1n) is 11.1. The van der Waals surface area contributed by atoms with Gasteiger partial charge in [-0.05, 0) is 59.8 Å². The van der Waals surface area contributed by atoms with E-state index in [0.29, 0.717) is 11.6 Å². The van der Waals surface area contributed by atoms with Crippen LogP contribution in [0, 0.1) is 5.82 Å². The van der Waals surface area contributed by atoms with E-state index < -0.39 is 29.4 Å². The van der Waals surface area contributed by atoms with Gasteiger partial charge in [-0.1, -0.05) is 53.5 Å². The smallest absolute Gasteiger partial charge is 0.294 e. The summed E-state index contributed by atoms with van der Waals surface area (Å²) in [6.45, 7) is 0.121. The number of thioether (sulfide) groups is 1. The van der Waals surface area contributed by atoms with E-state index in [9.17, 15) is 18.8 Å². The van der Waals surface area contributed by atoms with E-state index in [-0.39, 0.29) is 15.6 Å². The van der Waals surface area contributed by atoms with Crippen molar-refractivity contribution >= 4 is 74.7 Å². The first-order valence-corrected chi connectivity index (χ1v) is 12.7. The third-order valence-corrected chi connectivity index (χ3v) is 7.20. The second kappa shape index (κ2) is 10.4. The van der Waals surface area contributed by atoms with Crippen molar-refractivity contribution in [3.8, 4) is 0 Å². The number of carbonyl (C=O) groups is 3. The van der Waals surface area contributed by atoms with Crippen LogP contribution in [0.15, 0.2) is 77.8 Å². The molecular formula is C27H18Cl2FN3O3S. The van der Waals surface area contributed by atoms with Crippen LogP contribution in [-0.4, -0.2) is 33.1 Å². The van der Waals surface area contributed by atoms with Crippen LogP contribution in [0.3, 0.4) is 0 Å². The summed E-state index contributed by atoms with van der Waals surface area (Å²) >= 11 is 12.5. The molecule has 3 amide bonds. The molecule has 0 saturated carbocycles. The zero-order valence-corrected chi connectivity index (χ0v) is 21.4. The number of aromatic nitrogens is 1. The minimum Gasteiger partial charge on any atom is -0.342 e. The quantitative estimate of drug-likeness (QED) is 0.266. The summed E-state index contributed by atoms with van der Waals surface area (Å²) in [6.07, 6.45) is 3.60. The first-order chi connectivity index (χ1) is 17.8. The number of benzene rings is 3. The second-order valence-electron chi connectivity index (χ2n) is 8.30. The summed E-state index contributed by atoms with van der Waals surface area (Å²) in [5.74, 6) is -1.78. The van der Waals surface area contributed by atoms with E-state index in [2.05, 4.69) is 9.88 Å². The molecule has 37 heavy (non-hydrogen) atoms. The van der Waals surface area contributed by atoms with Gasteiger partial charge in [-0.3, -0.25) is 19.3 Å². The zero-order chi connectivity index (χ0) is 26.1. The Balaban J connectivity index is 1.36. The number of nitrogens with zero attached hydrogens (tertiary/aromatic N) is 2. The maximum absolute atomic E-state index is 13.4. The lowest BCUT2D eigenvalue weighted by Gasteiger charge is -2.12. The van der Waals surface area contributed by atoms with E-state index in [1.54, 1.807) is 6.08 Å². The molecule has 0 atom stereocenters. The molecule has 1 aliphatic rings. The number of fused-ring (bicyclic) bond motifs is 1. The monoisotopic (exact) mass is 553 g/mol. The Kier molecular flexibility index (Phi) is 7.06. The van der Waals surface area contributed by atoms with Crippen LogP contribution in [0.5, 0.6) is 0 Å². The highest BCUT2D eigenvalue weighted by Gasteiger charge is 2.36. The standard InChI is InChI=1S/C27H18Cl2FN3O3S/c28-18-7-5-16(6-8-18)13-32-14-17(20-3-1-2-4-23(20)32)11-24-26(35)33(27(36)37-24)15-25(34)31-19-9-10-22(30)21(29)12-19/h1-12,14H,13,15H2,(H,31,34)/b24-11-. The van der Waals surface area contributed by atoms with Crippen LogP contribution in [-0.2, 0) is 16.1 Å². The van der Waals surface area contributed by atoms with E-state index >= 15 is 0 Å². The molecule has 5 rings (SSSR count). The minimum atomic E-state index is -0.620. The average molecular weight is 554 g/mol. The van der Waals surface area contributed by atoms with Gasteiger partial charge in [0.25, 0.3) is 11.1 Å². The molecule has 1 fully saturated rings. The highest BCUT2D eigenvalue weighted by atomic mass is 35.5. The third kappa shape index (κ3) is 5.41. The largest absolute Gasteiger partial charge is 0.342 e. The fourth-order valence-electron chi connectivity index (χ4n) is 4.00. The van der Waals surface area contributed by atoms with Crippen molar-refractivity contribution in [1.82, 2.24) is 9.47 Å². The Morgan fingerprint density at radius 3 is 2.54 bits per heavy atom. The van der Waals surface area contributed by atoms with E-state index in [4.69, 9.17) is 23.2 Å². The molecule has 1 saturated heterocycles. The molecule has 6 nitrogen and oxygen atoms in total. The second-order valence-corrected chi connectivity index (χ2v) is 10.1. The highest BCUT2D eigenvalue weighted by Crippen LogP contribution is 2.34. The third-order valence-electron chi connectivity index (χ3n) is 5.75. The SMILES string of the molecule is O=C(CN1C(=O)S/C(=C\c2cn(Cc3ccc(Cl)cc3)c3ccccc23)C1=O)Nc1ccc(F)c(Cl)c1. The van der Waals surface area contributed by atoms with Crippen molar-refractivity contribution < 1.29 is 18.8 Å². The van der Waals surface area contributed by atoms with Gasteiger partial charge in [0.05, 0.1) is 9.93 Å². The van der Waals surface area contributed by atoms with Crippen molar-refractivity contribution in [1.29, 1.82) is 0 Å². The van der Waals surface area contributed by atoms with Crippen LogP contribution in [0.2, 0.25) is 10.0 Å². The summed E-state index contributed by atoms with van der Waals surface area (Å²) in [7, 11) is 0. The number of amides is 3. The molecular weight excluding hydrogens is 536 g/mol. The molecule has 1 aromatic heterocycles. The Bertz CT molecular complexity index is 1580. The van der Waals surface area contributed by atoms with Crippen molar-refractivity contribution in [2.75, 3.05) is 11.9 Å². The summed E-state index contributed by atoms with van der Waals surface area (Å²) in [5.41, 5.74) is 3.07. The number of hydrogen-bond acceptors (Lipinski definition) is 4. The van der Waals surface area contributed by atoms with Crippen LogP contribution in [0.25, 0.3) is 17.0 Å². The molecule has 0 bridgehead atoms. The summed E-state index contributed by atoms with van der Waals surface area (Å²) in [6, 6.07) is 19.1. The van der Waals surface area contributed by atoms with Gasteiger partial charge in [0.1, 0.15) is 12.4 Å². The van der Waals surface area contributed by atoms with Gasteiger partial charge < -0.3 is 9.88 Å². The molecule has 10 heteroatoms. The van der Waals surface area contributed by atoms with E-state index in [1.807, 2.05) is 54.7 Å². The van der Waals surface area contributed by atoms with E-state index in [1.165, 1.54) is 12.1 Å². The van der Waals surface area contributed by atoms with Gasteiger partial charge in [-0.25, -0.2) is 4.39 Å². The average Bonchev–Trinajstić information content (AvgIpc) is 3.35. The Labute approximate surface area is 225 Å². The topological polar surface area (TPSA) is 71.4 Å². The molecule has 4 aromatic rings. The van der Waals surface area contributed by atoms with Crippen molar-refractivity contribution in [3.05, 3.63) is 105 Å². The number of imide groups is 1. The maximum Gasteiger partial charge on any atom is 0.294 e. The normalized spacial score (nSPS) is 14.7. The van der Waals surface area contributed by atoms with Crippen LogP contribution in [0.1, 0.15) is 11.1 Å². The summed E-state index contributed by atoms with van der Waals surface area (Å²) in [4.78, 5) is 39.1. The number of rotatable bonds is 6. The van der Waals surface area contributed by atoms with Gasteiger partial charge in [0, 0.05) is 39.9 Å². The van der Waals surface area contributed by atoms with Gasteiger partial charge in [-0.15, -0.1) is 0 Å². The molecule has 186 valence electrons. The maximum atomic E-state index is 13.4. The van der Waals surface area contributed by atoms with Crippen LogP contribution < -0.4 is 5.32 Å². The van der Waals surface area contributed by atoms with Crippen LogP contribution in [0.4, 0.5) is 14.9 Å². The number of halogens is 3. The van der Waals surface area contributed by atoms with Crippen molar-refractivity contribution in [2.24, 2.45) is 0 Å². The Hall–Kier alpha value is -3.59. The van der Waals surface area contributed by atoms with Gasteiger partial charge in [-0.2, -0.15) is 0 Å². The predicted molar refractivity (Wildman–Crippen MR) is 145 cm³/mol. The lowest BCUT2D eigenvalue weighted by Crippen LogP contribution is -2.36. The number of hydrogen-bond donors (Lipinski definition) is 1. The molecule has 1 aliphatic heterocycles. The van der Waals surface area contributed by atoms with Gasteiger partial charge >= 0.3 is 0 Å². The zero-order valence-electron chi connectivity index (χ0n) is 19.1. The van der Waals surface area contributed by atoms with E-state index in [0.717, 1.165) is 44.8 Å². The molecule has 0 aliphatic carbocycles. The fraction of sp³-hybridized carbons (Fsp3) is 0.0741. The Morgan fingerprint density at radius 2 is 1.78 bits per heavy atom. The van der Waals surface area contributed by atoms with Crippen molar-refractivity contribution in [3.63, 3.8) is 0 Å². The predicted octanol–water partition coefficient (Wildman–Crippen LogP) is 6.81. The molecule has 1 N–H and O–H groups in total. The summed E-state index contributed by atoms with van der Waals surface area (Å²) < 4.78 is 15.4. The number of anilines is 1. The number of carbonyl (C=O) groups excluding carboxylic acids is 3. The minimum absolute atomic E-state index is 0.151. The molecule has 0 spiro atoms. The number of para-hydroxylation sites is 1. The number of nitrogens with one attached hydrogen (secondary N) is 1. The molecule has 0 unspecified atom stereocenters. The fourth-order valence-corrected chi connectivity index (χ4v) is 5.14. The lowest BCUT2D eigenvalue weighted by molar-refractivity contribution is -0.127. The molecule has 2 heterocycles. The van der Waals surface area contributed by atoms with Gasteiger partial charge in [0.15, 0.2) is 0 Å². The first kappa shape index (κ1) is 25.1. The van der Waals surface area contributed by atoms with Gasteiger partial charge in [0.2, 0.25) is 5.91 Å². The Morgan fingerprint density at radius 1 is 1.03 bits per heavy atom. The van der Waals surface area contributed by atoms with Crippen LogP contribution >= 0.6 is 35.0 Å². The lowest BCUT2D eigenvalue weighted by atomic mass is 10.1. The van der Waals surface area contributed by atoms with Crippen molar-refractivity contribution in [2.45, 2.75) is 6.54 Å². The highest BCUT2D eigenvalue weighted by molar-refractivity contribution is 8.18.